The summed E-state index contributed by atoms with van der Waals surface area (Å²) in [5, 5.41) is 8.76. The van der Waals surface area contributed by atoms with E-state index in [1.54, 1.807) is 30.1 Å². The summed E-state index contributed by atoms with van der Waals surface area (Å²) in [6, 6.07) is 16.0. The van der Waals surface area contributed by atoms with Crippen molar-refractivity contribution in [3.05, 3.63) is 60.4 Å². The molecule has 0 saturated carbocycles. The van der Waals surface area contributed by atoms with E-state index in [2.05, 4.69) is 24.0 Å². The molecule has 0 aliphatic carbocycles. The van der Waals surface area contributed by atoms with Gasteiger partial charge in [0.2, 0.25) is 5.91 Å². The number of rotatable bonds is 7. The lowest BCUT2D eigenvalue weighted by Gasteiger charge is -2.21. The van der Waals surface area contributed by atoms with E-state index in [1.165, 1.54) is 17.8 Å². The Bertz CT molecular complexity index is 974. The smallest absolute Gasteiger partial charge is 0.240 e. The van der Waals surface area contributed by atoms with Crippen LogP contribution in [-0.2, 0) is 11.3 Å². The van der Waals surface area contributed by atoms with Crippen LogP contribution in [0, 0.1) is 11.7 Å². The van der Waals surface area contributed by atoms with Crippen molar-refractivity contribution >= 4 is 23.4 Å². The number of carbonyl (C=O) groups excluding carboxylic acids is 1. The van der Waals surface area contributed by atoms with Gasteiger partial charge in [-0.15, -0.1) is 10.2 Å². The summed E-state index contributed by atoms with van der Waals surface area (Å²) in [4.78, 5) is 14.5. The molecule has 7 heteroatoms. The van der Waals surface area contributed by atoms with E-state index in [0.717, 1.165) is 5.69 Å². The number of nitrogens with zero attached hydrogens (tertiary/aromatic N) is 4. The molecule has 0 spiro atoms. The van der Waals surface area contributed by atoms with E-state index in [1.807, 2.05) is 41.8 Å². The van der Waals surface area contributed by atoms with Gasteiger partial charge >= 0.3 is 0 Å². The quantitative estimate of drug-likeness (QED) is 0.519. The molecule has 29 heavy (non-hydrogen) atoms. The van der Waals surface area contributed by atoms with Gasteiger partial charge in [-0.05, 0) is 37.1 Å². The molecule has 2 aromatic carbocycles. The number of para-hydroxylation sites is 1. The Labute approximate surface area is 175 Å². The molecule has 152 valence electrons. The molecular weight excluding hydrogens is 387 g/mol. The van der Waals surface area contributed by atoms with E-state index in [0.29, 0.717) is 29.0 Å². The Morgan fingerprint density at radius 3 is 2.38 bits per heavy atom. The molecule has 1 amide bonds. The fraction of sp³-hybridized carbons (Fsp3) is 0.318. The first-order chi connectivity index (χ1) is 13.9. The lowest BCUT2D eigenvalue weighted by molar-refractivity contribution is -0.117. The highest BCUT2D eigenvalue weighted by Gasteiger charge is 2.24. The minimum atomic E-state index is -0.371. The Balaban J connectivity index is 1.87. The molecule has 0 aliphatic heterocycles. The molecule has 1 aromatic heterocycles. The molecular formula is C22H25FN4OS. The summed E-state index contributed by atoms with van der Waals surface area (Å²) in [6.45, 7) is 6.65. The van der Waals surface area contributed by atoms with Crippen molar-refractivity contribution in [2.24, 2.45) is 5.92 Å². The molecule has 1 unspecified atom stereocenters. The SMILES string of the molecule is CC(C)Cn1c(SC(C)C(=O)N(C)c2ccccc2)nnc1-c1ccccc1F. The third-order valence-corrected chi connectivity index (χ3v) is 5.55. The zero-order chi connectivity index (χ0) is 21.0. The van der Waals surface area contributed by atoms with Gasteiger partial charge in [-0.3, -0.25) is 4.79 Å². The van der Waals surface area contributed by atoms with Gasteiger partial charge < -0.3 is 9.47 Å². The summed E-state index contributed by atoms with van der Waals surface area (Å²) in [5.41, 5.74) is 1.24. The summed E-state index contributed by atoms with van der Waals surface area (Å²) < 4.78 is 16.2. The van der Waals surface area contributed by atoms with Crippen LogP contribution in [0.1, 0.15) is 20.8 Å². The maximum atomic E-state index is 14.3. The summed E-state index contributed by atoms with van der Waals surface area (Å²) in [6.07, 6.45) is 0. The third-order valence-electron chi connectivity index (χ3n) is 4.48. The van der Waals surface area contributed by atoms with E-state index < -0.39 is 0 Å². The first-order valence-corrected chi connectivity index (χ1v) is 10.4. The number of hydrogen-bond donors (Lipinski definition) is 0. The summed E-state index contributed by atoms with van der Waals surface area (Å²) in [5.74, 6) is 0.423. The van der Waals surface area contributed by atoms with Crippen LogP contribution in [0.25, 0.3) is 11.4 Å². The fourth-order valence-corrected chi connectivity index (χ4v) is 3.96. The molecule has 5 nitrogen and oxygen atoms in total. The molecule has 0 saturated heterocycles. The highest BCUT2D eigenvalue weighted by Crippen LogP contribution is 2.30. The van der Waals surface area contributed by atoms with Crippen LogP contribution in [-0.4, -0.2) is 33.0 Å². The molecule has 0 aliphatic rings. The zero-order valence-corrected chi connectivity index (χ0v) is 17.9. The van der Waals surface area contributed by atoms with Crippen molar-refractivity contribution in [3.8, 4) is 11.4 Å². The van der Waals surface area contributed by atoms with Crippen molar-refractivity contribution in [1.29, 1.82) is 0 Å². The first kappa shape index (κ1) is 21.0. The Hall–Kier alpha value is -2.67. The van der Waals surface area contributed by atoms with Crippen LogP contribution >= 0.6 is 11.8 Å². The molecule has 3 rings (SSSR count). The monoisotopic (exact) mass is 412 g/mol. The minimum absolute atomic E-state index is 0.0345. The molecule has 0 N–H and O–H groups in total. The van der Waals surface area contributed by atoms with Crippen molar-refractivity contribution in [3.63, 3.8) is 0 Å². The van der Waals surface area contributed by atoms with Gasteiger partial charge in [0, 0.05) is 19.3 Å². The molecule has 0 bridgehead atoms. The van der Waals surface area contributed by atoms with Crippen LogP contribution < -0.4 is 4.90 Å². The van der Waals surface area contributed by atoms with Crippen LogP contribution in [0.15, 0.2) is 59.8 Å². The highest BCUT2D eigenvalue weighted by molar-refractivity contribution is 8.00. The average Bonchev–Trinajstić information content (AvgIpc) is 3.09. The van der Waals surface area contributed by atoms with Crippen molar-refractivity contribution in [2.75, 3.05) is 11.9 Å². The van der Waals surface area contributed by atoms with E-state index in [-0.39, 0.29) is 17.0 Å². The van der Waals surface area contributed by atoms with Crippen molar-refractivity contribution in [1.82, 2.24) is 14.8 Å². The predicted molar refractivity (Wildman–Crippen MR) is 115 cm³/mol. The highest BCUT2D eigenvalue weighted by atomic mass is 32.2. The summed E-state index contributed by atoms with van der Waals surface area (Å²) >= 11 is 1.34. The fourth-order valence-electron chi connectivity index (χ4n) is 3.01. The van der Waals surface area contributed by atoms with E-state index >= 15 is 0 Å². The summed E-state index contributed by atoms with van der Waals surface area (Å²) in [7, 11) is 1.76. The van der Waals surface area contributed by atoms with Crippen LogP contribution in [0.4, 0.5) is 10.1 Å². The average molecular weight is 413 g/mol. The predicted octanol–water partition coefficient (Wildman–Crippen LogP) is 4.88. The van der Waals surface area contributed by atoms with Gasteiger partial charge in [-0.1, -0.05) is 55.9 Å². The van der Waals surface area contributed by atoms with Gasteiger partial charge in [0.05, 0.1) is 10.8 Å². The molecule has 0 fully saturated rings. The lowest BCUT2D eigenvalue weighted by atomic mass is 10.2. The van der Waals surface area contributed by atoms with Crippen molar-refractivity contribution in [2.45, 2.75) is 37.7 Å². The van der Waals surface area contributed by atoms with Gasteiger partial charge in [0.1, 0.15) is 5.82 Å². The van der Waals surface area contributed by atoms with Crippen LogP contribution in [0.2, 0.25) is 0 Å². The normalized spacial score (nSPS) is 12.2. The second kappa shape index (κ2) is 9.22. The van der Waals surface area contributed by atoms with Crippen LogP contribution in [0.3, 0.4) is 0 Å². The van der Waals surface area contributed by atoms with Gasteiger partial charge in [-0.25, -0.2) is 4.39 Å². The zero-order valence-electron chi connectivity index (χ0n) is 17.0. The number of benzene rings is 2. The van der Waals surface area contributed by atoms with Crippen molar-refractivity contribution < 1.29 is 9.18 Å². The number of carbonyl (C=O) groups is 1. The Morgan fingerprint density at radius 2 is 1.72 bits per heavy atom. The second-order valence-electron chi connectivity index (χ2n) is 7.28. The molecule has 1 heterocycles. The number of anilines is 1. The number of hydrogen-bond acceptors (Lipinski definition) is 4. The first-order valence-electron chi connectivity index (χ1n) is 9.56. The number of halogens is 1. The maximum Gasteiger partial charge on any atom is 0.240 e. The standard InChI is InChI=1S/C22H25FN4OS/c1-15(2)14-27-20(18-12-8-9-13-19(18)23)24-25-22(27)29-16(3)21(28)26(4)17-10-6-5-7-11-17/h5-13,15-16H,14H2,1-4H3. The van der Waals surface area contributed by atoms with Gasteiger partial charge in [0.25, 0.3) is 0 Å². The Morgan fingerprint density at radius 1 is 1.07 bits per heavy atom. The minimum Gasteiger partial charge on any atom is -0.315 e. The largest absolute Gasteiger partial charge is 0.315 e. The molecule has 3 aromatic rings. The lowest BCUT2D eigenvalue weighted by Crippen LogP contribution is -2.33. The molecule has 0 radical (unpaired) electrons. The van der Waals surface area contributed by atoms with Gasteiger partial charge in [0.15, 0.2) is 11.0 Å². The van der Waals surface area contributed by atoms with E-state index in [4.69, 9.17) is 0 Å². The third kappa shape index (κ3) is 4.85. The topological polar surface area (TPSA) is 51.0 Å². The Kier molecular flexibility index (Phi) is 6.69. The number of amides is 1. The maximum absolute atomic E-state index is 14.3. The van der Waals surface area contributed by atoms with Crippen LogP contribution in [0.5, 0.6) is 0 Å². The number of aromatic nitrogens is 3. The number of thioether (sulfide) groups is 1. The second-order valence-corrected chi connectivity index (χ2v) is 8.59. The van der Waals surface area contributed by atoms with Gasteiger partial charge in [-0.2, -0.15) is 0 Å². The van der Waals surface area contributed by atoms with E-state index in [9.17, 15) is 9.18 Å². The molecule has 1 atom stereocenters.